The molecule has 88 valence electrons. The van der Waals surface area contributed by atoms with Gasteiger partial charge < -0.3 is 5.11 Å². The maximum absolute atomic E-state index is 12.2. The zero-order valence-electron chi connectivity index (χ0n) is 7.08. The SMILES string of the molecule is OC1(C(F)(F)F)NCCN=C1C(F)(F)F. The molecule has 1 aliphatic rings. The van der Waals surface area contributed by atoms with Crippen LogP contribution in [0, 0.1) is 0 Å². The molecule has 2 N–H and O–H groups in total. The van der Waals surface area contributed by atoms with Crippen LogP contribution in [0.25, 0.3) is 0 Å². The topological polar surface area (TPSA) is 44.6 Å². The first kappa shape index (κ1) is 12.2. The molecule has 1 atom stereocenters. The fraction of sp³-hybridized carbons (Fsp3) is 0.833. The molecule has 0 aromatic carbocycles. The minimum atomic E-state index is -5.47. The molecular formula is C6H6F6N2O. The molecule has 0 spiro atoms. The molecular weight excluding hydrogens is 230 g/mol. The summed E-state index contributed by atoms with van der Waals surface area (Å²) < 4.78 is 73.0. The first-order valence-electron chi connectivity index (χ1n) is 3.75. The maximum atomic E-state index is 12.2. The standard InChI is InChI=1S/C6H6F6N2O/c7-5(8,9)3-4(15,6(10,11)12)14-2-1-13-3/h14-15H,1-2H2. The lowest BCUT2D eigenvalue weighted by Gasteiger charge is -2.35. The van der Waals surface area contributed by atoms with Crippen molar-refractivity contribution in [2.45, 2.75) is 18.1 Å². The Kier molecular flexibility index (Phi) is 2.72. The lowest BCUT2D eigenvalue weighted by atomic mass is 10.0. The van der Waals surface area contributed by atoms with Crippen LogP contribution >= 0.6 is 0 Å². The predicted octanol–water partition coefficient (Wildman–Crippen LogP) is 0.844. The summed E-state index contributed by atoms with van der Waals surface area (Å²) in [5, 5.41) is 10.3. The molecule has 1 rings (SSSR count). The summed E-state index contributed by atoms with van der Waals surface area (Å²) in [6.45, 7) is -0.942. The van der Waals surface area contributed by atoms with Crippen LogP contribution in [0.5, 0.6) is 0 Å². The van der Waals surface area contributed by atoms with Gasteiger partial charge in [0.1, 0.15) is 0 Å². The van der Waals surface area contributed by atoms with Crippen LogP contribution in [0.1, 0.15) is 0 Å². The molecule has 0 radical (unpaired) electrons. The quantitative estimate of drug-likeness (QED) is 0.612. The summed E-state index contributed by atoms with van der Waals surface area (Å²) in [5.41, 5.74) is -6.36. The Labute approximate surface area is 79.8 Å². The van der Waals surface area contributed by atoms with Gasteiger partial charge in [0.05, 0.1) is 6.54 Å². The number of nitrogens with zero attached hydrogens (tertiary/aromatic N) is 1. The molecule has 1 aliphatic heterocycles. The van der Waals surface area contributed by atoms with Gasteiger partial charge in [-0.1, -0.05) is 0 Å². The maximum Gasteiger partial charge on any atom is 0.437 e. The van der Waals surface area contributed by atoms with E-state index in [0.717, 1.165) is 0 Å². The first-order chi connectivity index (χ1) is 6.59. The lowest BCUT2D eigenvalue weighted by Crippen LogP contribution is -2.68. The lowest BCUT2D eigenvalue weighted by molar-refractivity contribution is -0.251. The Morgan fingerprint density at radius 3 is 2.07 bits per heavy atom. The van der Waals surface area contributed by atoms with Gasteiger partial charge in [-0.25, -0.2) is 0 Å². The van der Waals surface area contributed by atoms with Gasteiger partial charge in [0, 0.05) is 6.54 Å². The highest BCUT2D eigenvalue weighted by atomic mass is 19.4. The van der Waals surface area contributed by atoms with Gasteiger partial charge >= 0.3 is 12.4 Å². The van der Waals surface area contributed by atoms with Crippen LogP contribution in [-0.2, 0) is 0 Å². The summed E-state index contributed by atoms with van der Waals surface area (Å²) in [6.07, 6.45) is -10.8. The minimum Gasteiger partial charge on any atom is -0.363 e. The van der Waals surface area contributed by atoms with E-state index in [1.165, 1.54) is 5.32 Å². The van der Waals surface area contributed by atoms with E-state index in [0.29, 0.717) is 0 Å². The highest BCUT2D eigenvalue weighted by Gasteiger charge is 2.65. The monoisotopic (exact) mass is 236 g/mol. The normalized spacial score (nSPS) is 28.9. The van der Waals surface area contributed by atoms with Gasteiger partial charge in [0.2, 0.25) is 0 Å². The second-order valence-corrected chi connectivity index (χ2v) is 2.86. The third kappa shape index (κ3) is 2.07. The third-order valence-electron chi connectivity index (χ3n) is 1.78. The highest BCUT2D eigenvalue weighted by molar-refractivity contribution is 5.97. The van der Waals surface area contributed by atoms with E-state index in [-0.39, 0.29) is 0 Å². The van der Waals surface area contributed by atoms with E-state index < -0.39 is 36.9 Å². The van der Waals surface area contributed by atoms with Crippen molar-refractivity contribution < 1.29 is 31.4 Å². The molecule has 0 saturated heterocycles. The fourth-order valence-electron chi connectivity index (χ4n) is 1.13. The van der Waals surface area contributed by atoms with Crippen LogP contribution in [0.15, 0.2) is 4.99 Å². The first-order valence-corrected chi connectivity index (χ1v) is 3.75. The van der Waals surface area contributed by atoms with Crippen molar-refractivity contribution in [1.82, 2.24) is 5.32 Å². The minimum absolute atomic E-state index is 0.465. The average Bonchev–Trinajstić information content (AvgIpc) is 2.00. The third-order valence-corrected chi connectivity index (χ3v) is 1.78. The van der Waals surface area contributed by atoms with E-state index >= 15 is 0 Å². The number of halogens is 6. The predicted molar refractivity (Wildman–Crippen MR) is 37.4 cm³/mol. The van der Waals surface area contributed by atoms with Crippen molar-refractivity contribution in [2.24, 2.45) is 4.99 Å². The highest BCUT2D eigenvalue weighted by Crippen LogP contribution is 2.36. The van der Waals surface area contributed by atoms with Crippen LogP contribution < -0.4 is 5.32 Å². The zero-order chi connectivity index (χ0) is 11.9. The molecule has 0 amide bonds. The molecule has 9 heteroatoms. The van der Waals surface area contributed by atoms with Crippen molar-refractivity contribution in [2.75, 3.05) is 13.1 Å². The Morgan fingerprint density at radius 2 is 1.73 bits per heavy atom. The smallest absolute Gasteiger partial charge is 0.363 e. The van der Waals surface area contributed by atoms with Gasteiger partial charge in [-0.15, -0.1) is 0 Å². The van der Waals surface area contributed by atoms with Crippen LogP contribution in [0.2, 0.25) is 0 Å². The molecule has 0 aliphatic carbocycles. The fourth-order valence-corrected chi connectivity index (χ4v) is 1.13. The number of rotatable bonds is 0. The Morgan fingerprint density at radius 1 is 1.20 bits per heavy atom. The van der Waals surface area contributed by atoms with E-state index in [1.54, 1.807) is 0 Å². The zero-order valence-corrected chi connectivity index (χ0v) is 7.08. The van der Waals surface area contributed by atoms with Gasteiger partial charge in [-0.3, -0.25) is 10.3 Å². The second kappa shape index (κ2) is 3.34. The average molecular weight is 236 g/mol. The van der Waals surface area contributed by atoms with E-state index in [1.807, 2.05) is 0 Å². The van der Waals surface area contributed by atoms with Crippen LogP contribution in [0.4, 0.5) is 26.3 Å². The van der Waals surface area contributed by atoms with Crippen LogP contribution in [-0.4, -0.2) is 42.0 Å². The van der Waals surface area contributed by atoms with Crippen molar-refractivity contribution >= 4 is 5.71 Å². The van der Waals surface area contributed by atoms with Gasteiger partial charge in [0.25, 0.3) is 5.72 Å². The summed E-state index contributed by atoms with van der Waals surface area (Å²) in [5.74, 6) is 0. The van der Waals surface area contributed by atoms with Gasteiger partial charge in [-0.2, -0.15) is 26.3 Å². The molecule has 1 unspecified atom stereocenters. The molecule has 0 bridgehead atoms. The number of aliphatic imine (C=N–C) groups is 1. The van der Waals surface area contributed by atoms with Crippen molar-refractivity contribution in [3.8, 4) is 0 Å². The summed E-state index contributed by atoms with van der Waals surface area (Å²) in [4.78, 5) is 2.68. The summed E-state index contributed by atoms with van der Waals surface area (Å²) in [6, 6.07) is 0. The number of aliphatic hydroxyl groups is 1. The Hall–Kier alpha value is -0.830. The van der Waals surface area contributed by atoms with Crippen LogP contribution in [0.3, 0.4) is 0 Å². The molecule has 3 nitrogen and oxygen atoms in total. The van der Waals surface area contributed by atoms with Crippen molar-refractivity contribution in [3.05, 3.63) is 0 Å². The molecule has 0 saturated carbocycles. The number of alkyl halides is 6. The molecule has 1 heterocycles. The molecule has 15 heavy (non-hydrogen) atoms. The van der Waals surface area contributed by atoms with E-state index in [4.69, 9.17) is 5.11 Å². The number of nitrogens with one attached hydrogen (secondary N) is 1. The Bertz CT molecular complexity index is 282. The van der Waals surface area contributed by atoms with Gasteiger partial charge in [0.15, 0.2) is 5.71 Å². The molecule has 0 aromatic heterocycles. The number of hydrogen-bond donors (Lipinski definition) is 2. The summed E-state index contributed by atoms with van der Waals surface area (Å²) in [7, 11) is 0. The number of hydrogen-bond acceptors (Lipinski definition) is 3. The molecule has 0 aromatic rings. The van der Waals surface area contributed by atoms with Gasteiger partial charge in [-0.05, 0) is 0 Å². The van der Waals surface area contributed by atoms with E-state index in [9.17, 15) is 26.3 Å². The molecule has 0 fully saturated rings. The van der Waals surface area contributed by atoms with Crippen molar-refractivity contribution in [1.29, 1.82) is 0 Å². The largest absolute Gasteiger partial charge is 0.437 e. The second-order valence-electron chi connectivity index (χ2n) is 2.86. The van der Waals surface area contributed by atoms with Crippen molar-refractivity contribution in [3.63, 3.8) is 0 Å². The summed E-state index contributed by atoms with van der Waals surface area (Å²) >= 11 is 0. The Balaban J connectivity index is 3.18. The van der Waals surface area contributed by atoms with E-state index in [2.05, 4.69) is 4.99 Å².